The Labute approximate surface area is 60.4 Å². The predicted molar refractivity (Wildman–Crippen MR) is 19.4 cm³/mol. The van der Waals surface area contributed by atoms with Gasteiger partial charge in [0.15, 0.2) is 0 Å². The molecule has 0 aromatic carbocycles. The van der Waals surface area contributed by atoms with Gasteiger partial charge in [0.1, 0.15) is 0 Å². The second-order valence-electron chi connectivity index (χ2n) is 0.899. The standard InChI is InChI=1S/C4H8O.Na/c1-3-4(2)5;/h3,5H,1-2H3;/q;+1/p-1. The van der Waals surface area contributed by atoms with Crippen LogP contribution in [0, 0.1) is 0 Å². The van der Waals surface area contributed by atoms with Crippen molar-refractivity contribution in [3.05, 3.63) is 11.8 Å². The second-order valence-corrected chi connectivity index (χ2v) is 0.899. The van der Waals surface area contributed by atoms with E-state index in [0.29, 0.717) is 0 Å². The average molecular weight is 94.1 g/mol. The molecule has 0 fully saturated rings. The molecule has 1 nitrogen and oxygen atoms in total. The maximum atomic E-state index is 9.76. The molecule has 0 rings (SSSR count). The molecule has 0 saturated heterocycles. The summed E-state index contributed by atoms with van der Waals surface area (Å²) in [4.78, 5) is 0. The zero-order chi connectivity index (χ0) is 4.28. The third-order valence-electron chi connectivity index (χ3n) is 0.407. The summed E-state index contributed by atoms with van der Waals surface area (Å²) in [6.07, 6.45) is 1.53. The van der Waals surface area contributed by atoms with E-state index in [1.807, 2.05) is 0 Å². The van der Waals surface area contributed by atoms with Crippen LogP contribution in [0.25, 0.3) is 0 Å². The van der Waals surface area contributed by atoms with Crippen LogP contribution in [-0.2, 0) is 0 Å². The van der Waals surface area contributed by atoms with Crippen LogP contribution < -0.4 is 34.7 Å². The summed E-state index contributed by atoms with van der Waals surface area (Å²) >= 11 is 0. The Balaban J connectivity index is 0. The van der Waals surface area contributed by atoms with Crippen molar-refractivity contribution in [2.75, 3.05) is 0 Å². The Bertz CT molecular complexity index is 45.5. The van der Waals surface area contributed by atoms with Crippen molar-refractivity contribution < 1.29 is 34.7 Å². The Hall–Kier alpha value is 0.540. The van der Waals surface area contributed by atoms with Gasteiger partial charge in [-0.2, -0.15) is 0 Å². The molecule has 0 saturated carbocycles. The quantitative estimate of drug-likeness (QED) is 0.236. The van der Waals surface area contributed by atoms with Crippen LogP contribution in [0.1, 0.15) is 13.8 Å². The van der Waals surface area contributed by atoms with Gasteiger partial charge in [0, 0.05) is 0 Å². The van der Waals surface area contributed by atoms with Crippen molar-refractivity contribution in [2.45, 2.75) is 13.8 Å². The topological polar surface area (TPSA) is 23.1 Å². The Morgan fingerprint density at radius 1 is 1.67 bits per heavy atom. The van der Waals surface area contributed by atoms with Crippen LogP contribution in [0.5, 0.6) is 0 Å². The summed E-state index contributed by atoms with van der Waals surface area (Å²) in [6, 6.07) is 0. The summed E-state index contributed by atoms with van der Waals surface area (Å²) in [5.74, 6) is 0.130. The van der Waals surface area contributed by atoms with Crippen LogP contribution >= 0.6 is 0 Å². The number of hydrogen-bond donors (Lipinski definition) is 0. The van der Waals surface area contributed by atoms with E-state index in [0.717, 1.165) is 0 Å². The molecular formula is C4H7NaO. The van der Waals surface area contributed by atoms with E-state index in [9.17, 15) is 5.11 Å². The summed E-state index contributed by atoms with van der Waals surface area (Å²) in [6.45, 7) is 3.25. The number of rotatable bonds is 0. The largest absolute Gasteiger partial charge is 1.00 e. The second kappa shape index (κ2) is 5.54. The Kier molecular flexibility index (Phi) is 8.99. The van der Waals surface area contributed by atoms with Crippen molar-refractivity contribution in [1.82, 2.24) is 0 Å². The summed E-state index contributed by atoms with van der Waals surface area (Å²) in [7, 11) is 0. The zero-order valence-corrected chi connectivity index (χ0v) is 6.49. The zero-order valence-electron chi connectivity index (χ0n) is 4.49. The van der Waals surface area contributed by atoms with Crippen LogP contribution in [0.2, 0.25) is 0 Å². The van der Waals surface area contributed by atoms with E-state index >= 15 is 0 Å². The maximum Gasteiger partial charge on any atom is 1.00 e. The molecule has 0 bridgehead atoms. The fourth-order valence-corrected chi connectivity index (χ4v) is 0. The van der Waals surface area contributed by atoms with Crippen LogP contribution in [0.3, 0.4) is 0 Å². The van der Waals surface area contributed by atoms with Gasteiger partial charge in [-0.05, 0) is 6.92 Å². The third kappa shape index (κ3) is 8.82. The molecule has 0 amide bonds. The van der Waals surface area contributed by atoms with Crippen molar-refractivity contribution in [2.24, 2.45) is 0 Å². The molecule has 0 aromatic rings. The third-order valence-corrected chi connectivity index (χ3v) is 0.407. The first-order valence-corrected chi connectivity index (χ1v) is 1.57. The summed E-state index contributed by atoms with van der Waals surface area (Å²) in [5, 5.41) is 9.76. The summed E-state index contributed by atoms with van der Waals surface area (Å²) < 4.78 is 0. The Morgan fingerprint density at radius 3 is 1.83 bits per heavy atom. The monoisotopic (exact) mass is 94.0 g/mol. The normalized spacial score (nSPS) is 10.0. The van der Waals surface area contributed by atoms with E-state index in [1.54, 1.807) is 6.92 Å². The molecule has 30 valence electrons. The minimum absolute atomic E-state index is 0. The smallest absolute Gasteiger partial charge is 0.876 e. The molecule has 0 heterocycles. The molecule has 0 atom stereocenters. The van der Waals surface area contributed by atoms with Gasteiger partial charge in [0.25, 0.3) is 0 Å². The van der Waals surface area contributed by atoms with Gasteiger partial charge in [-0.15, -0.1) is 5.76 Å². The average Bonchev–Trinajstić information content (AvgIpc) is 1.38. The molecule has 0 N–H and O–H groups in total. The van der Waals surface area contributed by atoms with Crippen molar-refractivity contribution in [3.8, 4) is 0 Å². The predicted octanol–water partition coefficient (Wildman–Crippen LogP) is -2.73. The fourth-order valence-electron chi connectivity index (χ4n) is 0. The van der Waals surface area contributed by atoms with Gasteiger partial charge in [-0.3, -0.25) is 0 Å². The number of allylic oxidation sites excluding steroid dienone is 2. The van der Waals surface area contributed by atoms with Crippen LogP contribution in [-0.4, -0.2) is 0 Å². The molecule has 0 aliphatic carbocycles. The van der Waals surface area contributed by atoms with Crippen LogP contribution in [0.4, 0.5) is 0 Å². The van der Waals surface area contributed by atoms with E-state index in [-0.39, 0.29) is 35.3 Å². The SMILES string of the molecule is CC=C(C)[O-].[Na+]. The Morgan fingerprint density at radius 2 is 1.83 bits per heavy atom. The minimum atomic E-state index is 0. The van der Waals surface area contributed by atoms with Crippen molar-refractivity contribution in [3.63, 3.8) is 0 Å². The first-order chi connectivity index (χ1) is 2.27. The molecule has 0 aliphatic heterocycles. The van der Waals surface area contributed by atoms with Gasteiger partial charge in [0.2, 0.25) is 0 Å². The van der Waals surface area contributed by atoms with Gasteiger partial charge >= 0.3 is 29.6 Å². The van der Waals surface area contributed by atoms with Crippen molar-refractivity contribution in [1.29, 1.82) is 0 Å². The molecule has 2 heteroatoms. The van der Waals surface area contributed by atoms with E-state index in [2.05, 4.69) is 0 Å². The minimum Gasteiger partial charge on any atom is -0.876 e. The van der Waals surface area contributed by atoms with Gasteiger partial charge < -0.3 is 5.11 Å². The van der Waals surface area contributed by atoms with Gasteiger partial charge in [0.05, 0.1) is 0 Å². The molecule has 0 radical (unpaired) electrons. The molecule has 6 heavy (non-hydrogen) atoms. The first-order valence-electron chi connectivity index (χ1n) is 1.57. The van der Waals surface area contributed by atoms with Gasteiger partial charge in [-0.25, -0.2) is 0 Å². The van der Waals surface area contributed by atoms with Crippen molar-refractivity contribution >= 4 is 0 Å². The van der Waals surface area contributed by atoms with Gasteiger partial charge in [-0.1, -0.05) is 13.0 Å². The van der Waals surface area contributed by atoms with E-state index in [1.165, 1.54) is 13.0 Å². The maximum absolute atomic E-state index is 9.76. The molecule has 0 aromatic heterocycles. The molecule has 0 spiro atoms. The number of hydrogen-bond acceptors (Lipinski definition) is 1. The first kappa shape index (κ1) is 9.74. The molecular weight excluding hydrogens is 87.0 g/mol. The van der Waals surface area contributed by atoms with E-state index in [4.69, 9.17) is 0 Å². The van der Waals surface area contributed by atoms with E-state index < -0.39 is 0 Å². The molecule has 0 unspecified atom stereocenters. The summed E-state index contributed by atoms with van der Waals surface area (Å²) in [5.41, 5.74) is 0. The fraction of sp³-hybridized carbons (Fsp3) is 0.500. The molecule has 0 aliphatic rings. The van der Waals surface area contributed by atoms with Crippen LogP contribution in [0.15, 0.2) is 11.8 Å².